The first kappa shape index (κ1) is 30.9. The fourth-order valence-electron chi connectivity index (χ4n) is 4.20. The number of hydrogen-bond donors (Lipinski definition) is 1. The number of ether oxygens (including phenoxy) is 1. The van der Waals surface area contributed by atoms with Gasteiger partial charge in [-0.25, -0.2) is 4.79 Å². The van der Waals surface area contributed by atoms with Crippen LogP contribution in [0, 0.1) is 11.3 Å². The van der Waals surface area contributed by atoms with E-state index < -0.39 is 57.8 Å². The van der Waals surface area contributed by atoms with E-state index in [1.54, 1.807) is 39.8 Å². The number of alkyl halides is 6. The zero-order chi connectivity index (χ0) is 30.3. The van der Waals surface area contributed by atoms with Gasteiger partial charge >= 0.3 is 18.4 Å². The standard InChI is InChI=1S/C26H25F6N3O4S/c1-5-40(38)18-10-11-19-15(12-18)13-35(22(37)39-23(2,3)4)20(19)21(36)34-17-8-6-16(7-9-17)24(14-33,25(27,28)29)26(30,31)32/h6-12,20H,5,13H2,1-4H3,(H,34,36). The quantitative estimate of drug-likeness (QED) is 0.423. The summed E-state index contributed by atoms with van der Waals surface area (Å²) < 4.78 is 98.5. The van der Waals surface area contributed by atoms with E-state index in [9.17, 15) is 40.1 Å². The number of nitrogens with zero attached hydrogens (tertiary/aromatic N) is 2. The summed E-state index contributed by atoms with van der Waals surface area (Å²) >= 11 is 0. The third-order valence-corrected chi connectivity index (χ3v) is 7.37. The summed E-state index contributed by atoms with van der Waals surface area (Å²) in [7, 11) is -1.32. The van der Waals surface area contributed by atoms with Crippen molar-refractivity contribution < 1.29 is 44.9 Å². The third-order valence-electron chi connectivity index (χ3n) is 6.07. The molecule has 1 aliphatic heterocycles. The van der Waals surface area contributed by atoms with Crippen molar-refractivity contribution in [2.24, 2.45) is 0 Å². The summed E-state index contributed by atoms with van der Waals surface area (Å²) in [6, 6.07) is 6.30. The zero-order valence-electron chi connectivity index (χ0n) is 21.7. The summed E-state index contributed by atoms with van der Waals surface area (Å²) in [5.74, 6) is -0.482. The summed E-state index contributed by atoms with van der Waals surface area (Å²) in [4.78, 5) is 27.9. The number of amides is 2. The molecule has 2 amide bonds. The van der Waals surface area contributed by atoms with Crippen molar-refractivity contribution in [1.82, 2.24) is 4.90 Å². The first-order chi connectivity index (χ1) is 18.4. The number of halogens is 6. The van der Waals surface area contributed by atoms with Crippen LogP contribution in [0.5, 0.6) is 0 Å². The molecule has 0 aromatic heterocycles. The van der Waals surface area contributed by atoms with Crippen LogP contribution >= 0.6 is 0 Å². The van der Waals surface area contributed by atoms with E-state index in [2.05, 4.69) is 5.32 Å². The van der Waals surface area contributed by atoms with Crippen molar-refractivity contribution in [3.63, 3.8) is 0 Å². The lowest BCUT2D eigenvalue weighted by molar-refractivity contribution is -0.283. The number of anilines is 1. The second-order valence-electron chi connectivity index (χ2n) is 9.93. The Morgan fingerprint density at radius 2 is 1.62 bits per heavy atom. The average Bonchev–Trinajstić information content (AvgIpc) is 3.21. The maximum atomic E-state index is 13.5. The minimum Gasteiger partial charge on any atom is -0.444 e. The van der Waals surface area contributed by atoms with Crippen LogP contribution in [-0.4, -0.2) is 44.8 Å². The first-order valence-corrected chi connectivity index (χ1v) is 13.1. The van der Waals surface area contributed by atoms with Gasteiger partial charge in [-0.05, 0) is 61.7 Å². The second-order valence-corrected chi connectivity index (χ2v) is 11.7. The number of nitriles is 1. The van der Waals surface area contributed by atoms with Crippen molar-refractivity contribution in [2.75, 3.05) is 11.1 Å². The Bertz CT molecular complexity index is 1350. The Morgan fingerprint density at radius 3 is 2.10 bits per heavy atom. The number of rotatable bonds is 5. The van der Waals surface area contributed by atoms with E-state index in [0.29, 0.717) is 40.0 Å². The lowest BCUT2D eigenvalue weighted by atomic mass is 9.80. The first-order valence-electron chi connectivity index (χ1n) is 11.8. The maximum Gasteiger partial charge on any atom is 0.420 e. The molecule has 0 fully saturated rings. The van der Waals surface area contributed by atoms with Crippen LogP contribution in [-0.2, 0) is 32.3 Å². The predicted molar refractivity (Wildman–Crippen MR) is 132 cm³/mol. The smallest absolute Gasteiger partial charge is 0.420 e. The lowest BCUT2D eigenvalue weighted by Crippen LogP contribution is -2.52. The molecular weight excluding hydrogens is 564 g/mol. The Morgan fingerprint density at radius 1 is 1.05 bits per heavy atom. The Labute approximate surface area is 228 Å². The normalized spacial score (nSPS) is 16.6. The van der Waals surface area contributed by atoms with E-state index in [4.69, 9.17) is 10.00 Å². The van der Waals surface area contributed by atoms with Crippen LogP contribution in [0.25, 0.3) is 0 Å². The summed E-state index contributed by atoms with van der Waals surface area (Å²) in [5.41, 5.74) is -6.32. The molecule has 0 aliphatic carbocycles. The number of carbonyl (C=O) groups excluding carboxylic acids is 2. The highest BCUT2D eigenvalue weighted by molar-refractivity contribution is 7.85. The van der Waals surface area contributed by atoms with Crippen LogP contribution in [0.2, 0.25) is 0 Å². The number of fused-ring (bicyclic) bond motifs is 1. The molecule has 3 rings (SSSR count). The minimum absolute atomic E-state index is 0.0715. The van der Waals surface area contributed by atoms with E-state index in [1.165, 1.54) is 6.07 Å². The van der Waals surface area contributed by atoms with Crippen molar-refractivity contribution in [3.05, 3.63) is 59.2 Å². The van der Waals surface area contributed by atoms with E-state index in [0.717, 1.165) is 17.0 Å². The van der Waals surface area contributed by atoms with Gasteiger partial charge < -0.3 is 10.1 Å². The SMILES string of the molecule is CCS(=O)c1ccc2c(c1)CN(C(=O)OC(C)(C)C)C2C(=O)Nc1ccc(C(C#N)(C(F)(F)F)C(F)(F)F)cc1. The topological polar surface area (TPSA) is 99.5 Å². The average molecular weight is 590 g/mol. The van der Waals surface area contributed by atoms with Gasteiger partial charge in [-0.1, -0.05) is 25.1 Å². The van der Waals surface area contributed by atoms with Crippen LogP contribution in [0.4, 0.5) is 36.8 Å². The molecule has 7 nitrogen and oxygen atoms in total. The number of carbonyl (C=O) groups is 2. The monoisotopic (exact) mass is 589 g/mol. The molecule has 216 valence electrons. The highest BCUT2D eigenvalue weighted by atomic mass is 32.2. The highest BCUT2D eigenvalue weighted by Gasteiger charge is 2.72. The van der Waals surface area contributed by atoms with Gasteiger partial charge in [0.15, 0.2) is 0 Å². The Hall–Kier alpha value is -3.60. The molecule has 0 radical (unpaired) electrons. The largest absolute Gasteiger partial charge is 0.444 e. The van der Waals surface area contributed by atoms with E-state index >= 15 is 0 Å². The van der Waals surface area contributed by atoms with Gasteiger partial charge in [0.25, 0.3) is 11.3 Å². The fourth-order valence-corrected chi connectivity index (χ4v) is 5.03. The second kappa shape index (κ2) is 10.8. The summed E-state index contributed by atoms with van der Waals surface area (Å²) in [6.07, 6.45) is -12.8. The molecule has 0 saturated carbocycles. The zero-order valence-corrected chi connectivity index (χ0v) is 22.6. The lowest BCUT2D eigenvalue weighted by Gasteiger charge is -2.31. The molecule has 40 heavy (non-hydrogen) atoms. The van der Waals surface area contributed by atoms with E-state index in [-0.39, 0.29) is 12.2 Å². The van der Waals surface area contributed by atoms with Crippen LogP contribution in [0.3, 0.4) is 0 Å². The van der Waals surface area contributed by atoms with Gasteiger partial charge in [0, 0.05) is 16.3 Å². The third kappa shape index (κ3) is 5.79. The molecule has 2 unspecified atom stereocenters. The molecule has 0 saturated heterocycles. The molecule has 1 heterocycles. The molecule has 0 bridgehead atoms. The van der Waals surface area contributed by atoms with Gasteiger partial charge in [-0.3, -0.25) is 13.9 Å². The van der Waals surface area contributed by atoms with E-state index in [1.807, 2.05) is 0 Å². The highest BCUT2D eigenvalue weighted by Crippen LogP contribution is 2.51. The molecule has 2 aromatic carbocycles. The van der Waals surface area contributed by atoms with Gasteiger partial charge in [0.1, 0.15) is 11.6 Å². The van der Waals surface area contributed by atoms with Gasteiger partial charge in [-0.15, -0.1) is 0 Å². The predicted octanol–water partition coefficient (Wildman–Crippen LogP) is 6.13. The molecule has 2 aromatic rings. The van der Waals surface area contributed by atoms with Crippen molar-refractivity contribution in [2.45, 2.75) is 68.5 Å². The maximum absolute atomic E-state index is 13.5. The van der Waals surface area contributed by atoms with Gasteiger partial charge in [0.05, 0.1) is 23.4 Å². The Balaban J connectivity index is 1.97. The minimum atomic E-state index is -5.97. The molecular formula is C26H25F6N3O4S. The Kier molecular flexibility index (Phi) is 8.32. The van der Waals surface area contributed by atoms with Crippen LogP contribution < -0.4 is 5.32 Å². The molecule has 1 N–H and O–H groups in total. The number of nitrogens with one attached hydrogen (secondary N) is 1. The van der Waals surface area contributed by atoms with Crippen molar-refractivity contribution in [1.29, 1.82) is 5.26 Å². The number of benzene rings is 2. The molecule has 2 atom stereocenters. The fraction of sp³-hybridized carbons (Fsp3) is 0.423. The summed E-state index contributed by atoms with van der Waals surface area (Å²) in [6.45, 7) is 6.52. The molecule has 1 aliphatic rings. The van der Waals surface area contributed by atoms with Crippen molar-refractivity contribution >= 4 is 28.5 Å². The van der Waals surface area contributed by atoms with Gasteiger partial charge in [0.2, 0.25) is 0 Å². The number of hydrogen-bond acceptors (Lipinski definition) is 5. The summed E-state index contributed by atoms with van der Waals surface area (Å²) in [5, 5.41) is 11.4. The molecule has 14 heteroatoms. The van der Waals surface area contributed by atoms with Crippen LogP contribution in [0.1, 0.15) is 50.4 Å². The molecule has 0 spiro atoms. The van der Waals surface area contributed by atoms with Gasteiger partial charge in [-0.2, -0.15) is 31.6 Å². The van der Waals surface area contributed by atoms with Crippen molar-refractivity contribution in [3.8, 4) is 6.07 Å². The van der Waals surface area contributed by atoms with Crippen LogP contribution in [0.15, 0.2) is 47.4 Å².